The third-order valence-electron chi connectivity index (χ3n) is 9.95. The summed E-state index contributed by atoms with van der Waals surface area (Å²) in [5.74, 6) is 2.38. The molecule has 0 spiro atoms. The first-order valence-electron chi connectivity index (χ1n) is 17.2. The number of hydrogen-bond donors (Lipinski definition) is 2. The van der Waals surface area contributed by atoms with E-state index in [2.05, 4.69) is 36.4 Å². The van der Waals surface area contributed by atoms with Gasteiger partial charge in [-0.05, 0) is 45.8 Å². The maximum atomic E-state index is 10.0. The van der Waals surface area contributed by atoms with Gasteiger partial charge in [-0.15, -0.1) is 0 Å². The number of fused-ring (bicyclic) bond motifs is 8. The SMILES string of the molecule is OCc1cccc2c1oc1c(Oc3ccc4ccccc4c3-c3c(Oc4cccc5c4oc4c(CO)cccc45)ccc4ccccc34)cccc12. The molecule has 0 aliphatic rings. The van der Waals surface area contributed by atoms with Crippen molar-refractivity contribution in [2.75, 3.05) is 0 Å². The van der Waals surface area contributed by atoms with Crippen LogP contribution in [0.15, 0.2) is 154 Å². The van der Waals surface area contributed by atoms with Gasteiger partial charge in [0.05, 0.1) is 13.2 Å². The Morgan fingerprint density at radius 3 is 1.17 bits per heavy atom. The molecule has 8 aromatic carbocycles. The quantitative estimate of drug-likeness (QED) is 0.174. The predicted octanol–water partition coefficient (Wildman–Crippen LogP) is 12.0. The molecule has 0 unspecified atom stereocenters. The lowest BCUT2D eigenvalue weighted by Crippen LogP contribution is -1.95. The van der Waals surface area contributed by atoms with Crippen molar-refractivity contribution in [1.82, 2.24) is 0 Å². The average molecular weight is 679 g/mol. The minimum atomic E-state index is -0.129. The van der Waals surface area contributed by atoms with Crippen LogP contribution in [-0.2, 0) is 13.2 Å². The number of furan rings is 2. The third kappa shape index (κ3) is 4.66. The van der Waals surface area contributed by atoms with Gasteiger partial charge in [0.1, 0.15) is 22.7 Å². The lowest BCUT2D eigenvalue weighted by atomic mass is 9.92. The Morgan fingerprint density at radius 1 is 0.346 bits per heavy atom. The molecule has 250 valence electrons. The Morgan fingerprint density at radius 2 is 0.731 bits per heavy atom. The van der Waals surface area contributed by atoms with Gasteiger partial charge in [0.15, 0.2) is 22.7 Å². The van der Waals surface area contributed by atoms with Crippen LogP contribution < -0.4 is 9.47 Å². The molecule has 0 radical (unpaired) electrons. The van der Waals surface area contributed by atoms with Crippen molar-refractivity contribution >= 4 is 65.4 Å². The van der Waals surface area contributed by atoms with Crippen molar-refractivity contribution in [3.05, 3.63) is 157 Å². The number of aliphatic hydroxyl groups excluding tert-OH is 2. The zero-order chi connectivity index (χ0) is 34.8. The molecule has 2 heterocycles. The third-order valence-corrected chi connectivity index (χ3v) is 9.95. The highest BCUT2D eigenvalue weighted by Crippen LogP contribution is 2.49. The Balaban J connectivity index is 1.21. The van der Waals surface area contributed by atoms with E-state index in [1.54, 1.807) is 0 Å². The van der Waals surface area contributed by atoms with E-state index in [0.29, 0.717) is 45.3 Å². The fourth-order valence-corrected chi connectivity index (χ4v) is 7.54. The Kier molecular flexibility index (Phi) is 6.99. The van der Waals surface area contributed by atoms with Gasteiger partial charge >= 0.3 is 0 Å². The summed E-state index contributed by atoms with van der Waals surface area (Å²) in [5.41, 5.74) is 5.67. The van der Waals surface area contributed by atoms with E-state index < -0.39 is 0 Å². The maximum Gasteiger partial charge on any atom is 0.177 e. The van der Waals surface area contributed by atoms with Crippen LogP contribution in [0.1, 0.15) is 11.1 Å². The van der Waals surface area contributed by atoms with Gasteiger partial charge in [-0.1, -0.05) is 121 Å². The van der Waals surface area contributed by atoms with E-state index in [4.69, 9.17) is 18.3 Å². The molecule has 10 aromatic rings. The average Bonchev–Trinajstić information content (AvgIpc) is 3.78. The standard InChI is InChI=1S/C46H30O6/c47-25-29-11-5-15-33-35-17-7-19-39(45(35)51-43(29)33)49-37-23-21-27-9-1-3-13-31(27)41(37)42-32-14-4-2-10-28(32)22-24-38(42)50-40-20-8-18-36-34-16-6-12-30(26-48)44(34)52-46(36)40/h1-24,47-48H,25-26H2. The summed E-state index contributed by atoms with van der Waals surface area (Å²) in [5, 5.41) is 27.8. The van der Waals surface area contributed by atoms with Crippen molar-refractivity contribution in [2.45, 2.75) is 13.2 Å². The summed E-state index contributed by atoms with van der Waals surface area (Å²) in [6, 6.07) is 48.0. The van der Waals surface area contributed by atoms with Gasteiger partial charge in [0, 0.05) is 43.8 Å². The van der Waals surface area contributed by atoms with E-state index >= 15 is 0 Å². The van der Waals surface area contributed by atoms with Crippen LogP contribution in [0.4, 0.5) is 0 Å². The maximum absolute atomic E-state index is 10.0. The fourth-order valence-electron chi connectivity index (χ4n) is 7.54. The van der Waals surface area contributed by atoms with Crippen molar-refractivity contribution in [1.29, 1.82) is 0 Å². The van der Waals surface area contributed by atoms with E-state index in [1.807, 2.05) is 109 Å². The van der Waals surface area contributed by atoms with Gasteiger partial charge in [-0.3, -0.25) is 0 Å². The first-order chi connectivity index (χ1) is 25.7. The first kappa shape index (κ1) is 30.2. The van der Waals surface area contributed by atoms with Crippen molar-refractivity contribution in [3.8, 4) is 34.1 Å². The number of hydrogen-bond acceptors (Lipinski definition) is 6. The molecule has 0 saturated heterocycles. The molecule has 0 saturated carbocycles. The molecule has 2 N–H and O–H groups in total. The van der Waals surface area contributed by atoms with Crippen LogP contribution in [0.25, 0.3) is 76.5 Å². The monoisotopic (exact) mass is 678 g/mol. The van der Waals surface area contributed by atoms with E-state index in [0.717, 1.165) is 65.3 Å². The molecule has 0 aliphatic heterocycles. The second kappa shape index (κ2) is 12.0. The predicted molar refractivity (Wildman–Crippen MR) is 206 cm³/mol. The van der Waals surface area contributed by atoms with E-state index in [9.17, 15) is 10.2 Å². The van der Waals surface area contributed by atoms with Crippen molar-refractivity contribution in [2.24, 2.45) is 0 Å². The minimum Gasteiger partial charge on any atom is -0.453 e. The van der Waals surface area contributed by atoms with E-state index in [-0.39, 0.29) is 13.2 Å². The van der Waals surface area contributed by atoms with Gasteiger partial charge in [-0.25, -0.2) is 0 Å². The smallest absolute Gasteiger partial charge is 0.177 e. The zero-order valence-corrected chi connectivity index (χ0v) is 27.8. The number of ether oxygens (including phenoxy) is 2. The Hall–Kier alpha value is -6.60. The summed E-state index contributed by atoms with van der Waals surface area (Å²) >= 11 is 0. The summed E-state index contributed by atoms with van der Waals surface area (Å²) in [7, 11) is 0. The lowest BCUT2D eigenvalue weighted by molar-refractivity contribution is 0.281. The molecule has 0 aliphatic carbocycles. The fraction of sp³-hybridized carbons (Fsp3) is 0.0435. The zero-order valence-electron chi connectivity index (χ0n) is 27.8. The summed E-state index contributed by atoms with van der Waals surface area (Å²) < 4.78 is 26.7. The van der Waals surface area contributed by atoms with Crippen LogP contribution in [0.2, 0.25) is 0 Å². The summed E-state index contributed by atoms with van der Waals surface area (Å²) in [6.45, 7) is -0.257. The van der Waals surface area contributed by atoms with Gasteiger partial charge in [-0.2, -0.15) is 0 Å². The lowest BCUT2D eigenvalue weighted by Gasteiger charge is -2.19. The van der Waals surface area contributed by atoms with Gasteiger partial charge in [0.25, 0.3) is 0 Å². The Bertz CT molecular complexity index is 2800. The van der Waals surface area contributed by atoms with Crippen LogP contribution in [-0.4, -0.2) is 10.2 Å². The Labute approximate surface area is 297 Å². The molecule has 6 heteroatoms. The summed E-state index contributed by atoms with van der Waals surface area (Å²) in [4.78, 5) is 0. The normalized spacial score (nSPS) is 11.8. The molecule has 0 fully saturated rings. The molecule has 2 aromatic heterocycles. The van der Waals surface area contributed by atoms with Crippen LogP contribution in [0, 0.1) is 0 Å². The van der Waals surface area contributed by atoms with Crippen molar-refractivity contribution < 1.29 is 28.5 Å². The van der Waals surface area contributed by atoms with Gasteiger partial charge < -0.3 is 28.5 Å². The number of aliphatic hydroxyl groups is 2. The summed E-state index contributed by atoms with van der Waals surface area (Å²) in [6.07, 6.45) is 0. The highest BCUT2D eigenvalue weighted by Gasteiger charge is 2.23. The largest absolute Gasteiger partial charge is 0.453 e. The van der Waals surface area contributed by atoms with Crippen molar-refractivity contribution in [3.63, 3.8) is 0 Å². The minimum absolute atomic E-state index is 0.129. The van der Waals surface area contributed by atoms with Crippen LogP contribution in [0.5, 0.6) is 23.0 Å². The molecule has 52 heavy (non-hydrogen) atoms. The highest BCUT2D eigenvalue weighted by atomic mass is 16.5. The second-order valence-electron chi connectivity index (χ2n) is 12.9. The first-order valence-corrected chi connectivity index (χ1v) is 17.2. The molecule has 6 nitrogen and oxygen atoms in total. The molecule has 0 amide bonds. The number of rotatable bonds is 7. The molecular formula is C46H30O6. The highest BCUT2D eigenvalue weighted by molar-refractivity contribution is 6.12. The molecule has 0 atom stereocenters. The van der Waals surface area contributed by atoms with E-state index in [1.165, 1.54) is 0 Å². The second-order valence-corrected chi connectivity index (χ2v) is 12.9. The molecular weight excluding hydrogens is 648 g/mol. The topological polar surface area (TPSA) is 85.2 Å². The molecule has 10 rings (SSSR count). The molecule has 0 bridgehead atoms. The van der Waals surface area contributed by atoms with Crippen LogP contribution in [0.3, 0.4) is 0 Å². The number of benzene rings is 8. The number of para-hydroxylation sites is 4. The van der Waals surface area contributed by atoms with Crippen LogP contribution >= 0.6 is 0 Å². The van der Waals surface area contributed by atoms with Gasteiger partial charge in [0.2, 0.25) is 0 Å².